The maximum absolute atomic E-state index is 14.3. The molecule has 7 nitrogen and oxygen atoms in total. The number of rotatable bonds is 1. The highest BCUT2D eigenvalue weighted by molar-refractivity contribution is 7.86. The molecule has 1 N–H and O–H groups in total. The molecule has 1 aromatic rings. The Kier molecular flexibility index (Phi) is 5.23. The van der Waals surface area contributed by atoms with Crippen LogP contribution >= 0.6 is 0 Å². The minimum absolute atomic E-state index is 1.04. The van der Waals surface area contributed by atoms with Crippen LogP contribution in [0.5, 0.6) is 0 Å². The molecule has 0 spiro atoms. The van der Waals surface area contributed by atoms with Crippen LogP contribution in [0.2, 0.25) is 0 Å². The Morgan fingerprint density at radius 3 is 1.19 bits per heavy atom. The largest absolute Gasteiger partial charge is 0.387 e. The molecule has 198 valence electrons. The molecule has 0 fully saturated rings. The monoisotopic (exact) mass is 566 g/mol. The summed E-state index contributed by atoms with van der Waals surface area (Å²) in [7, 11) is -6.50. The van der Waals surface area contributed by atoms with Crippen molar-refractivity contribution in [2.24, 2.45) is 0 Å². The van der Waals surface area contributed by atoms with Crippen molar-refractivity contribution < 1.29 is 84.8 Å². The van der Waals surface area contributed by atoms with E-state index in [2.05, 4.69) is 0 Å². The average molecular weight is 566 g/mol. The first-order valence-electron chi connectivity index (χ1n) is 8.38. The van der Waals surface area contributed by atoms with Gasteiger partial charge in [0, 0.05) is 16.7 Å². The third-order valence-electron chi connectivity index (χ3n) is 5.21. The number of Topliss-reactive ketones (excluding diaryl/α,β-unsaturated/α-hetero) is 4. The molecule has 2 aliphatic rings. The molecule has 0 aliphatic heterocycles. The third-order valence-corrected chi connectivity index (χ3v) is 6.09. The Bertz CT molecular complexity index is 1390. The molecule has 0 saturated carbocycles. The van der Waals surface area contributed by atoms with Crippen LogP contribution in [-0.2, 0) is 10.1 Å². The quantitative estimate of drug-likeness (QED) is 0.408. The summed E-state index contributed by atoms with van der Waals surface area (Å²) in [5.74, 6) is -58.3. The normalized spacial score (nSPS) is 25.5. The minimum Gasteiger partial charge on any atom is -0.287 e. The molecule has 2 aliphatic carbocycles. The molecule has 0 unspecified atom stereocenters. The summed E-state index contributed by atoms with van der Waals surface area (Å²) in [6.45, 7) is 0. The van der Waals surface area contributed by atoms with E-state index in [1.165, 1.54) is 0 Å². The number of hydrogen-bond acceptors (Lipinski definition) is 6. The molecule has 4 bridgehead atoms. The van der Waals surface area contributed by atoms with Crippen LogP contribution in [0.4, 0.5) is 52.7 Å². The van der Waals surface area contributed by atoms with E-state index in [0.29, 0.717) is 0 Å². The molecular formula is C16H2F12O7S. The Balaban J connectivity index is 2.82. The van der Waals surface area contributed by atoms with Gasteiger partial charge in [0.2, 0.25) is 23.1 Å². The van der Waals surface area contributed by atoms with Gasteiger partial charge in [-0.1, -0.05) is 0 Å². The first-order chi connectivity index (χ1) is 15.7. The first-order valence-corrected chi connectivity index (χ1v) is 9.82. The van der Waals surface area contributed by atoms with Gasteiger partial charge in [-0.05, 0) is 6.07 Å². The Morgan fingerprint density at radius 1 is 0.528 bits per heavy atom. The first kappa shape index (κ1) is 27.6. The molecule has 36 heavy (non-hydrogen) atoms. The molecule has 0 saturated heterocycles. The van der Waals surface area contributed by atoms with Gasteiger partial charge in [-0.15, -0.1) is 0 Å². The number of alkyl halides is 12. The highest BCUT2D eigenvalue weighted by Gasteiger charge is 2.82. The SMILES string of the molecule is O=C1c2cc(S(=O)(=O)O)c3c(c2C(=O)C(F)(F)C(F)(F)C(F)(F)C3=O)C(=O)C(F)(F)C(F)(F)C1(F)F. The van der Waals surface area contributed by atoms with Crippen LogP contribution in [0, 0.1) is 0 Å². The van der Waals surface area contributed by atoms with E-state index in [4.69, 9.17) is 4.55 Å². The second-order valence-electron chi connectivity index (χ2n) is 7.29. The molecule has 0 atom stereocenters. The lowest BCUT2D eigenvalue weighted by molar-refractivity contribution is -0.269. The highest BCUT2D eigenvalue weighted by Crippen LogP contribution is 2.56. The fourth-order valence-corrected chi connectivity index (χ4v) is 4.05. The molecule has 0 aromatic heterocycles. The molecule has 1 aromatic carbocycles. The van der Waals surface area contributed by atoms with Crippen molar-refractivity contribution >= 4 is 33.3 Å². The van der Waals surface area contributed by atoms with Gasteiger partial charge in [0.25, 0.3) is 10.1 Å². The summed E-state index contributed by atoms with van der Waals surface area (Å²) >= 11 is 0. The van der Waals surface area contributed by atoms with Crippen LogP contribution in [0.25, 0.3) is 0 Å². The van der Waals surface area contributed by atoms with E-state index in [9.17, 15) is 80.3 Å². The second-order valence-corrected chi connectivity index (χ2v) is 8.68. The van der Waals surface area contributed by atoms with E-state index >= 15 is 0 Å². The summed E-state index contributed by atoms with van der Waals surface area (Å²) in [6, 6.07) is -1.04. The Hall–Kier alpha value is -3.03. The van der Waals surface area contributed by atoms with Crippen molar-refractivity contribution in [3.05, 3.63) is 28.3 Å². The van der Waals surface area contributed by atoms with Gasteiger partial charge in [-0.25, -0.2) is 0 Å². The predicted molar refractivity (Wildman–Crippen MR) is 83.3 cm³/mol. The fourth-order valence-electron chi connectivity index (χ4n) is 3.33. The average Bonchev–Trinajstić information content (AvgIpc) is 2.72. The smallest absolute Gasteiger partial charge is 0.287 e. The number of benzene rings is 1. The predicted octanol–water partition coefficient (Wildman–Crippen LogP) is 3.50. The number of hydrogen-bond donors (Lipinski definition) is 1. The van der Waals surface area contributed by atoms with Crippen molar-refractivity contribution in [1.82, 2.24) is 0 Å². The van der Waals surface area contributed by atoms with Crippen LogP contribution in [0.3, 0.4) is 0 Å². The molecule has 0 radical (unpaired) electrons. The maximum atomic E-state index is 14.3. The van der Waals surface area contributed by atoms with Gasteiger partial charge in [0.1, 0.15) is 4.90 Å². The molecular weight excluding hydrogens is 564 g/mol. The lowest BCUT2D eigenvalue weighted by Crippen LogP contribution is -2.65. The summed E-state index contributed by atoms with van der Waals surface area (Å²) in [4.78, 5) is 45.8. The number of carbonyl (C=O) groups excluding carboxylic acids is 4. The van der Waals surface area contributed by atoms with Gasteiger partial charge in [-0.2, -0.15) is 61.1 Å². The van der Waals surface area contributed by atoms with Gasteiger partial charge in [-0.3, -0.25) is 23.7 Å². The fraction of sp³-hybridized carbons (Fsp3) is 0.375. The van der Waals surface area contributed by atoms with Crippen molar-refractivity contribution in [1.29, 1.82) is 0 Å². The van der Waals surface area contributed by atoms with E-state index in [0.717, 1.165) is 0 Å². The van der Waals surface area contributed by atoms with Gasteiger partial charge >= 0.3 is 35.5 Å². The second kappa shape index (κ2) is 6.84. The zero-order chi connectivity index (χ0) is 28.4. The van der Waals surface area contributed by atoms with Crippen LogP contribution in [-0.4, -0.2) is 71.6 Å². The van der Waals surface area contributed by atoms with Crippen molar-refractivity contribution in [3.8, 4) is 0 Å². The topological polar surface area (TPSA) is 123 Å². The number of ketones is 4. The third kappa shape index (κ3) is 2.84. The van der Waals surface area contributed by atoms with E-state index in [1.54, 1.807) is 0 Å². The maximum Gasteiger partial charge on any atom is 0.387 e. The Morgan fingerprint density at radius 2 is 0.833 bits per heavy atom. The van der Waals surface area contributed by atoms with Crippen molar-refractivity contribution in [3.63, 3.8) is 0 Å². The van der Waals surface area contributed by atoms with E-state index in [-0.39, 0.29) is 0 Å². The standard InChI is InChI=1S/C16H2F12O7S/c17-11(18)7(29)2-1-3(36(33,34)35)5-6(10(32)14(23,24)15(11,25)26)4(2)8(30)12(19,20)16(27,28)13(21,22)9(5)31/h1H,(H,33,34,35). The zero-order valence-electron chi connectivity index (χ0n) is 15.9. The van der Waals surface area contributed by atoms with Crippen molar-refractivity contribution in [2.75, 3.05) is 0 Å². The molecule has 20 heteroatoms. The Labute approximate surface area is 187 Å². The highest BCUT2D eigenvalue weighted by atomic mass is 32.2. The van der Waals surface area contributed by atoms with Gasteiger partial charge < -0.3 is 0 Å². The van der Waals surface area contributed by atoms with E-state index in [1.807, 2.05) is 0 Å². The zero-order valence-corrected chi connectivity index (χ0v) is 16.7. The molecule has 3 rings (SSSR count). The lowest BCUT2D eigenvalue weighted by Gasteiger charge is -2.38. The van der Waals surface area contributed by atoms with Gasteiger partial charge in [0.15, 0.2) is 0 Å². The minimum atomic E-state index is -7.23. The van der Waals surface area contributed by atoms with E-state index < -0.39 is 102 Å². The molecule has 0 amide bonds. The van der Waals surface area contributed by atoms with Crippen LogP contribution < -0.4 is 0 Å². The summed E-state index contributed by atoms with van der Waals surface area (Å²) in [5, 5.41) is 0. The molecule has 0 heterocycles. The lowest BCUT2D eigenvalue weighted by atomic mass is 9.74. The summed E-state index contributed by atoms with van der Waals surface area (Å²) < 4.78 is 202. The van der Waals surface area contributed by atoms with Crippen LogP contribution in [0.15, 0.2) is 11.0 Å². The number of halogens is 12. The summed E-state index contributed by atoms with van der Waals surface area (Å²) in [5.41, 5.74) is -12.3. The van der Waals surface area contributed by atoms with Gasteiger partial charge in [0.05, 0.1) is 5.56 Å². The number of carbonyl (C=O) groups is 4. The van der Waals surface area contributed by atoms with Crippen LogP contribution in [0.1, 0.15) is 41.4 Å². The van der Waals surface area contributed by atoms with Crippen molar-refractivity contribution in [2.45, 2.75) is 40.4 Å². The summed E-state index contributed by atoms with van der Waals surface area (Å²) in [6.07, 6.45) is 0.